The highest BCUT2D eigenvalue weighted by Gasteiger charge is 2.39. The number of rotatable bonds is 6. The Labute approximate surface area is 154 Å². The van der Waals surface area contributed by atoms with Gasteiger partial charge in [-0.05, 0) is 25.5 Å². The van der Waals surface area contributed by atoms with Gasteiger partial charge in [0.15, 0.2) is 0 Å². The molecule has 25 heavy (non-hydrogen) atoms. The largest absolute Gasteiger partial charge is 0.481 e. The summed E-state index contributed by atoms with van der Waals surface area (Å²) in [5.41, 5.74) is -0.812. The van der Waals surface area contributed by atoms with Gasteiger partial charge < -0.3 is 20.5 Å². The van der Waals surface area contributed by atoms with E-state index in [1.807, 2.05) is 0 Å². The van der Waals surface area contributed by atoms with Crippen molar-refractivity contribution in [1.82, 2.24) is 10.6 Å². The van der Waals surface area contributed by atoms with Crippen LogP contribution in [0.2, 0.25) is 10.0 Å². The topological polar surface area (TPSA) is 105 Å². The van der Waals surface area contributed by atoms with Gasteiger partial charge >= 0.3 is 5.97 Å². The van der Waals surface area contributed by atoms with Crippen LogP contribution in [0.3, 0.4) is 0 Å². The fourth-order valence-corrected chi connectivity index (χ4v) is 2.95. The number of benzene rings is 1. The highest BCUT2D eigenvalue weighted by atomic mass is 35.5. The van der Waals surface area contributed by atoms with Gasteiger partial charge in [-0.15, -0.1) is 0 Å². The molecule has 136 valence electrons. The van der Waals surface area contributed by atoms with Crippen molar-refractivity contribution in [3.05, 3.63) is 33.8 Å². The van der Waals surface area contributed by atoms with E-state index in [2.05, 4.69) is 10.6 Å². The van der Waals surface area contributed by atoms with Gasteiger partial charge in [0.2, 0.25) is 5.91 Å². The average Bonchev–Trinajstić information content (AvgIpc) is 2.96. The van der Waals surface area contributed by atoms with Gasteiger partial charge in [-0.3, -0.25) is 14.4 Å². The molecule has 9 heteroatoms. The molecule has 1 heterocycles. The second-order valence-electron chi connectivity index (χ2n) is 5.94. The molecule has 0 aliphatic carbocycles. The summed E-state index contributed by atoms with van der Waals surface area (Å²) in [4.78, 5) is 35.7. The quantitative estimate of drug-likeness (QED) is 0.689. The SMILES string of the molecule is CC(NC(=O)c1cccc(Cl)c1Cl)C(=O)NC1(CC(=O)O)CCOC1. The number of nitrogens with one attached hydrogen (secondary N) is 2. The van der Waals surface area contributed by atoms with Gasteiger partial charge in [0, 0.05) is 6.61 Å². The Bertz CT molecular complexity index is 689. The van der Waals surface area contributed by atoms with E-state index in [1.165, 1.54) is 13.0 Å². The van der Waals surface area contributed by atoms with Crippen LogP contribution in [0, 0.1) is 0 Å². The number of aliphatic carboxylic acids is 1. The summed E-state index contributed by atoms with van der Waals surface area (Å²) >= 11 is 11.9. The zero-order valence-corrected chi connectivity index (χ0v) is 15.0. The summed E-state index contributed by atoms with van der Waals surface area (Å²) in [6.45, 7) is 1.98. The van der Waals surface area contributed by atoms with Crippen molar-refractivity contribution in [2.75, 3.05) is 13.2 Å². The van der Waals surface area contributed by atoms with Gasteiger partial charge in [-0.25, -0.2) is 0 Å². The normalized spacial score (nSPS) is 20.8. The molecule has 1 aliphatic heterocycles. The molecular formula is C16H18Cl2N2O5. The molecule has 2 rings (SSSR count). The monoisotopic (exact) mass is 388 g/mol. The number of carboxylic acids is 1. The van der Waals surface area contributed by atoms with Crippen LogP contribution in [0.5, 0.6) is 0 Å². The minimum atomic E-state index is -1.03. The average molecular weight is 389 g/mol. The predicted molar refractivity (Wildman–Crippen MR) is 92.0 cm³/mol. The summed E-state index contributed by atoms with van der Waals surface area (Å²) in [5.74, 6) is -2.09. The molecule has 0 aromatic heterocycles. The Balaban J connectivity index is 2.03. The lowest BCUT2D eigenvalue weighted by Crippen LogP contribution is -2.56. The smallest absolute Gasteiger partial charge is 0.305 e. The van der Waals surface area contributed by atoms with Crippen LogP contribution in [0.25, 0.3) is 0 Å². The van der Waals surface area contributed by atoms with Crippen LogP contribution < -0.4 is 10.6 Å². The van der Waals surface area contributed by atoms with Gasteiger partial charge in [-0.1, -0.05) is 29.3 Å². The molecule has 2 unspecified atom stereocenters. The van der Waals surface area contributed by atoms with Crippen molar-refractivity contribution < 1.29 is 24.2 Å². The second kappa shape index (κ2) is 8.03. The lowest BCUT2D eigenvalue weighted by Gasteiger charge is -2.28. The molecule has 2 atom stereocenters. The lowest BCUT2D eigenvalue weighted by molar-refractivity contribution is -0.139. The molecule has 3 N–H and O–H groups in total. The Hall–Kier alpha value is -1.83. The van der Waals surface area contributed by atoms with E-state index in [9.17, 15) is 14.4 Å². The Morgan fingerprint density at radius 2 is 2.08 bits per heavy atom. The number of carbonyl (C=O) groups excluding carboxylic acids is 2. The number of amides is 2. The molecule has 0 spiro atoms. The molecule has 0 saturated carbocycles. The summed E-state index contributed by atoms with van der Waals surface area (Å²) in [6, 6.07) is 3.72. The number of hydrogen-bond donors (Lipinski definition) is 3. The Morgan fingerprint density at radius 3 is 2.68 bits per heavy atom. The van der Waals surface area contributed by atoms with Crippen molar-refractivity contribution in [2.24, 2.45) is 0 Å². The molecule has 1 aromatic carbocycles. The molecule has 0 bridgehead atoms. The van der Waals surface area contributed by atoms with Gasteiger partial charge in [0.1, 0.15) is 6.04 Å². The van der Waals surface area contributed by atoms with Crippen LogP contribution in [0.4, 0.5) is 0 Å². The summed E-state index contributed by atoms with van der Waals surface area (Å²) < 4.78 is 5.22. The molecule has 1 fully saturated rings. The first-order valence-corrected chi connectivity index (χ1v) is 8.36. The van der Waals surface area contributed by atoms with E-state index < -0.39 is 29.4 Å². The van der Waals surface area contributed by atoms with Crippen LogP contribution in [-0.2, 0) is 14.3 Å². The zero-order valence-electron chi connectivity index (χ0n) is 13.5. The number of carboxylic acid groups (broad SMARTS) is 1. The summed E-state index contributed by atoms with van der Waals surface area (Å²) in [6.07, 6.45) is 0.144. The maximum Gasteiger partial charge on any atom is 0.305 e. The van der Waals surface area contributed by atoms with Crippen molar-refractivity contribution >= 4 is 41.0 Å². The van der Waals surface area contributed by atoms with Gasteiger partial charge in [0.25, 0.3) is 5.91 Å². The van der Waals surface area contributed by atoms with Crippen molar-refractivity contribution in [2.45, 2.75) is 31.3 Å². The van der Waals surface area contributed by atoms with Crippen molar-refractivity contribution in [3.8, 4) is 0 Å². The minimum absolute atomic E-state index is 0.0980. The maximum atomic E-state index is 12.4. The first kappa shape index (κ1) is 19.5. The number of carbonyl (C=O) groups is 3. The van der Waals surface area contributed by atoms with Gasteiger partial charge in [0.05, 0.1) is 34.2 Å². The third-order valence-electron chi connectivity index (χ3n) is 3.92. The zero-order chi connectivity index (χ0) is 18.6. The summed E-state index contributed by atoms with van der Waals surface area (Å²) in [7, 11) is 0. The highest BCUT2D eigenvalue weighted by molar-refractivity contribution is 6.43. The molecule has 2 amide bonds. The number of halogens is 2. The Kier molecular flexibility index (Phi) is 6.26. The van der Waals surface area contributed by atoms with Crippen LogP contribution in [0.15, 0.2) is 18.2 Å². The maximum absolute atomic E-state index is 12.4. The highest BCUT2D eigenvalue weighted by Crippen LogP contribution is 2.26. The predicted octanol–water partition coefficient (Wildman–Crippen LogP) is 1.86. The fraction of sp³-hybridized carbons (Fsp3) is 0.438. The lowest BCUT2D eigenvalue weighted by atomic mass is 9.94. The fourth-order valence-electron chi connectivity index (χ4n) is 2.57. The molecule has 1 aliphatic rings. The van der Waals surface area contributed by atoms with Gasteiger partial charge in [-0.2, -0.15) is 0 Å². The van der Waals surface area contributed by atoms with Crippen molar-refractivity contribution in [3.63, 3.8) is 0 Å². The third kappa shape index (κ3) is 4.84. The molecule has 1 saturated heterocycles. The van der Waals surface area contributed by atoms with E-state index >= 15 is 0 Å². The molecule has 7 nitrogen and oxygen atoms in total. The molecule has 1 aromatic rings. The van der Waals surface area contributed by atoms with E-state index in [-0.39, 0.29) is 28.6 Å². The van der Waals surface area contributed by atoms with Crippen molar-refractivity contribution in [1.29, 1.82) is 0 Å². The molecule has 0 radical (unpaired) electrons. The van der Waals surface area contributed by atoms with E-state index in [1.54, 1.807) is 12.1 Å². The van der Waals surface area contributed by atoms with E-state index in [0.29, 0.717) is 13.0 Å². The minimum Gasteiger partial charge on any atom is -0.481 e. The van der Waals surface area contributed by atoms with Crippen LogP contribution in [-0.4, -0.2) is 47.7 Å². The van der Waals surface area contributed by atoms with E-state index in [4.69, 9.17) is 33.0 Å². The van der Waals surface area contributed by atoms with E-state index in [0.717, 1.165) is 0 Å². The second-order valence-corrected chi connectivity index (χ2v) is 6.72. The standard InChI is InChI=1S/C16H18Cl2N2O5/c1-9(19-15(24)10-3-2-4-11(17)13(10)18)14(23)20-16(7-12(21)22)5-6-25-8-16/h2-4,9H,5-8H2,1H3,(H,19,24)(H,20,23)(H,21,22). The first-order valence-electron chi connectivity index (χ1n) is 7.60. The van der Waals surface area contributed by atoms with Crippen LogP contribution >= 0.6 is 23.2 Å². The summed E-state index contributed by atoms with van der Waals surface area (Å²) in [5, 5.41) is 14.6. The molecular weight excluding hydrogens is 371 g/mol. The first-order chi connectivity index (χ1) is 11.7. The number of hydrogen-bond acceptors (Lipinski definition) is 4. The Morgan fingerprint density at radius 1 is 1.36 bits per heavy atom. The third-order valence-corrected chi connectivity index (χ3v) is 4.74. The number of ether oxygens (including phenoxy) is 1. The van der Waals surface area contributed by atoms with Crippen LogP contribution in [0.1, 0.15) is 30.1 Å².